The van der Waals surface area contributed by atoms with Crippen molar-refractivity contribution in [3.63, 3.8) is 0 Å². The Bertz CT molecular complexity index is 1290. The van der Waals surface area contributed by atoms with Crippen LogP contribution in [-0.4, -0.2) is 88.9 Å². The van der Waals surface area contributed by atoms with Crippen LogP contribution in [0.5, 0.6) is 0 Å². The van der Waals surface area contributed by atoms with E-state index in [-0.39, 0.29) is 41.2 Å². The lowest BCUT2D eigenvalue weighted by atomic mass is 9.96. The van der Waals surface area contributed by atoms with E-state index >= 15 is 0 Å². The summed E-state index contributed by atoms with van der Waals surface area (Å²) < 4.78 is 31.9. The highest BCUT2D eigenvalue weighted by Gasteiger charge is 2.54. The summed E-state index contributed by atoms with van der Waals surface area (Å²) in [5, 5.41) is 33.9. The zero-order valence-corrected chi connectivity index (χ0v) is 24.4. The average molecular weight is 593 g/mol. The molecule has 0 amide bonds. The average Bonchev–Trinajstić information content (AvgIpc) is 3.32. The summed E-state index contributed by atoms with van der Waals surface area (Å²) >= 11 is 0.938. The molecule has 2 aromatic heterocycles. The van der Waals surface area contributed by atoms with Crippen molar-refractivity contribution in [1.29, 1.82) is 0 Å². The zero-order chi connectivity index (χ0) is 29.4. The summed E-state index contributed by atoms with van der Waals surface area (Å²) in [6.45, 7) is 8.94. The van der Waals surface area contributed by atoms with Crippen molar-refractivity contribution in [1.82, 2.24) is 24.6 Å². The first-order chi connectivity index (χ1) is 17.9. The van der Waals surface area contributed by atoms with Crippen molar-refractivity contribution in [2.24, 2.45) is 5.41 Å². The smallest absolute Gasteiger partial charge is 0.395 e. The first-order valence-corrected chi connectivity index (χ1v) is 14.7. The molecule has 220 valence electrons. The number of nitrogen functional groups attached to an aromatic ring is 1. The number of carbonyl (C=O) groups is 1. The summed E-state index contributed by atoms with van der Waals surface area (Å²) in [6.07, 6.45) is -2.68. The van der Waals surface area contributed by atoms with Gasteiger partial charge in [-0.1, -0.05) is 11.8 Å². The maximum atomic E-state index is 13.5. The van der Waals surface area contributed by atoms with Gasteiger partial charge < -0.3 is 25.8 Å². The number of anilines is 1. The Kier molecular flexibility index (Phi) is 9.37. The van der Waals surface area contributed by atoms with Crippen LogP contribution in [0.25, 0.3) is 11.2 Å². The van der Waals surface area contributed by atoms with Crippen LogP contribution in [0.3, 0.4) is 0 Å². The molecule has 39 heavy (non-hydrogen) atoms. The molecule has 0 radical (unpaired) electrons. The Morgan fingerprint density at radius 2 is 2.03 bits per heavy atom. The second kappa shape index (κ2) is 11.5. The summed E-state index contributed by atoms with van der Waals surface area (Å²) in [5.74, 6) is -0.0116. The largest absolute Gasteiger partial charge is 0.406 e. The predicted molar refractivity (Wildman–Crippen MR) is 144 cm³/mol. The van der Waals surface area contributed by atoms with Crippen LogP contribution >= 0.6 is 19.5 Å². The number of aliphatic hydroxyl groups excluding tert-OH is 2. The monoisotopic (exact) mass is 592 g/mol. The number of aromatic nitrogens is 4. The minimum atomic E-state index is -3.99. The highest BCUT2D eigenvalue weighted by Crippen LogP contribution is 2.48. The molecular formula is C22H37N6O9PS. The molecule has 3 rings (SSSR count). The molecule has 15 nitrogen and oxygen atoms in total. The van der Waals surface area contributed by atoms with Crippen LogP contribution in [-0.2, 0) is 23.1 Å². The Morgan fingerprint density at radius 3 is 2.64 bits per heavy atom. The van der Waals surface area contributed by atoms with E-state index < -0.39 is 54.9 Å². The van der Waals surface area contributed by atoms with Crippen molar-refractivity contribution in [2.45, 2.75) is 71.1 Å². The van der Waals surface area contributed by atoms with Gasteiger partial charge in [0, 0.05) is 11.3 Å². The molecule has 1 saturated heterocycles. The molecule has 0 aromatic carbocycles. The van der Waals surface area contributed by atoms with Crippen LogP contribution in [0.2, 0.25) is 0 Å². The SMILES string of the molecule is CC(C)(C)NP(=O)(OCCSC(=O)C(C)(C)CO)OC[C@@H]1O[C@H](n2cnc3c(=O)[nH]c(N)nc32)[C@@](C)(O)[C@H]1O. The first kappa shape index (κ1) is 31.6. The van der Waals surface area contributed by atoms with E-state index in [1.54, 1.807) is 34.6 Å². The highest BCUT2D eigenvalue weighted by atomic mass is 32.2. The van der Waals surface area contributed by atoms with Crippen molar-refractivity contribution >= 4 is 41.7 Å². The number of carbonyl (C=O) groups excluding carboxylic acids is 1. The quantitative estimate of drug-likeness (QED) is 0.155. The van der Waals surface area contributed by atoms with Gasteiger partial charge >= 0.3 is 7.75 Å². The number of fused-ring (bicyclic) bond motifs is 1. The number of aromatic amines is 1. The minimum Gasteiger partial charge on any atom is -0.395 e. The third-order valence-corrected chi connectivity index (χ3v) is 9.01. The number of nitrogens with zero attached hydrogens (tertiary/aromatic N) is 3. The van der Waals surface area contributed by atoms with Crippen molar-refractivity contribution in [3.8, 4) is 0 Å². The number of aliphatic hydroxyl groups is 3. The lowest BCUT2D eigenvalue weighted by molar-refractivity contribution is -0.119. The van der Waals surface area contributed by atoms with Crippen LogP contribution in [0.4, 0.5) is 5.95 Å². The van der Waals surface area contributed by atoms with E-state index in [1.807, 2.05) is 0 Å². The molecule has 1 aliphatic rings. The van der Waals surface area contributed by atoms with Gasteiger partial charge in [0.15, 0.2) is 22.5 Å². The fraction of sp³-hybridized carbons (Fsp3) is 0.727. The Morgan fingerprint density at radius 1 is 1.36 bits per heavy atom. The first-order valence-electron chi connectivity index (χ1n) is 12.1. The number of rotatable bonds is 11. The van der Waals surface area contributed by atoms with Gasteiger partial charge in [-0.05, 0) is 41.5 Å². The van der Waals surface area contributed by atoms with Crippen LogP contribution in [0.15, 0.2) is 11.1 Å². The Labute approximate surface area is 229 Å². The van der Waals surface area contributed by atoms with Gasteiger partial charge in [0.25, 0.3) is 5.56 Å². The van der Waals surface area contributed by atoms with Gasteiger partial charge in [-0.15, -0.1) is 0 Å². The molecule has 17 heteroatoms. The van der Waals surface area contributed by atoms with E-state index in [0.29, 0.717) is 0 Å². The summed E-state index contributed by atoms with van der Waals surface area (Å²) in [4.78, 5) is 34.8. The Hall–Kier alpha value is -1.88. The molecule has 5 atom stereocenters. The molecule has 0 saturated carbocycles. The van der Waals surface area contributed by atoms with Gasteiger partial charge in [0.2, 0.25) is 5.95 Å². The highest BCUT2D eigenvalue weighted by molar-refractivity contribution is 8.13. The van der Waals surface area contributed by atoms with Crippen LogP contribution in [0.1, 0.15) is 47.8 Å². The number of hydrogen-bond acceptors (Lipinski definition) is 13. The molecule has 0 spiro atoms. The van der Waals surface area contributed by atoms with E-state index in [1.165, 1.54) is 17.8 Å². The van der Waals surface area contributed by atoms with E-state index in [0.717, 1.165) is 11.8 Å². The molecule has 1 fully saturated rings. The predicted octanol–water partition coefficient (Wildman–Crippen LogP) is 0.519. The molecule has 0 aliphatic carbocycles. The number of hydrogen-bond donors (Lipinski definition) is 6. The zero-order valence-electron chi connectivity index (χ0n) is 22.7. The molecule has 2 aromatic rings. The fourth-order valence-corrected chi connectivity index (χ4v) is 6.36. The standard InChI is InChI=1S/C22H37N6O9PS/c1-20(2,3)27-38(34,35-7-8-39-18(32)21(4,5)10-29)36-9-12-14(30)22(6,33)17(37-12)28-11-24-13-15(28)25-19(23)26-16(13)31/h11-12,14,17,29-30,33H,7-10H2,1-6H3,(H,27,34)(H3,23,25,26,31)/t12-,14-,17-,22-,38?/m0/s1. The van der Waals surface area contributed by atoms with Crippen molar-refractivity contribution in [2.75, 3.05) is 31.3 Å². The summed E-state index contributed by atoms with van der Waals surface area (Å²) in [7, 11) is -3.99. The number of nitrogens with one attached hydrogen (secondary N) is 2. The van der Waals surface area contributed by atoms with Gasteiger partial charge in [0.05, 0.1) is 31.6 Å². The molecule has 3 heterocycles. The lowest BCUT2D eigenvalue weighted by Gasteiger charge is -2.29. The van der Waals surface area contributed by atoms with E-state index in [2.05, 4.69) is 20.0 Å². The van der Waals surface area contributed by atoms with Crippen molar-refractivity contribution < 1.29 is 38.5 Å². The topological polar surface area (TPSA) is 224 Å². The normalized spacial score (nSPS) is 25.7. The van der Waals surface area contributed by atoms with Crippen LogP contribution in [0, 0.1) is 5.41 Å². The third kappa shape index (κ3) is 7.26. The van der Waals surface area contributed by atoms with Crippen LogP contribution < -0.4 is 16.4 Å². The maximum Gasteiger partial charge on any atom is 0.406 e. The molecular weight excluding hydrogens is 555 g/mol. The Balaban J connectivity index is 1.72. The second-order valence-electron chi connectivity index (χ2n) is 11.1. The van der Waals surface area contributed by atoms with Crippen molar-refractivity contribution in [3.05, 3.63) is 16.7 Å². The lowest BCUT2D eigenvalue weighted by Crippen LogP contribution is -2.44. The summed E-state index contributed by atoms with van der Waals surface area (Å²) in [6, 6.07) is 0. The van der Waals surface area contributed by atoms with Gasteiger partial charge in [-0.3, -0.25) is 28.2 Å². The maximum absolute atomic E-state index is 13.5. The number of imidazole rings is 1. The summed E-state index contributed by atoms with van der Waals surface area (Å²) in [5.41, 5.74) is 1.55. The molecule has 1 unspecified atom stereocenters. The van der Waals surface area contributed by atoms with Gasteiger partial charge in [0.1, 0.15) is 17.8 Å². The molecule has 1 aliphatic heterocycles. The van der Waals surface area contributed by atoms with Gasteiger partial charge in [-0.25, -0.2) is 14.6 Å². The number of H-pyrrole nitrogens is 1. The molecule has 7 N–H and O–H groups in total. The minimum absolute atomic E-state index is 0.0371. The van der Waals surface area contributed by atoms with E-state index in [9.17, 15) is 29.5 Å². The molecule has 0 bridgehead atoms. The second-order valence-corrected chi connectivity index (χ2v) is 13.9. The van der Waals surface area contributed by atoms with E-state index in [4.69, 9.17) is 19.5 Å². The number of thioether (sulfide) groups is 1. The van der Waals surface area contributed by atoms with Gasteiger partial charge in [-0.2, -0.15) is 4.98 Å². The number of nitrogens with two attached hydrogens (primary N) is 1. The fourth-order valence-electron chi connectivity index (χ4n) is 3.73. The number of ether oxygens (including phenoxy) is 1. The third-order valence-electron chi connectivity index (χ3n) is 5.86.